The van der Waals surface area contributed by atoms with Gasteiger partial charge in [-0.15, -0.1) is 0 Å². The lowest BCUT2D eigenvalue weighted by atomic mass is 10.2. The summed E-state index contributed by atoms with van der Waals surface area (Å²) in [5, 5.41) is 2.46. The van der Waals surface area contributed by atoms with Crippen molar-refractivity contribution in [3.63, 3.8) is 0 Å². The Morgan fingerprint density at radius 3 is 2.68 bits per heavy atom. The van der Waals surface area contributed by atoms with E-state index in [1.165, 1.54) is 24.3 Å². The Morgan fingerprint density at radius 1 is 1.32 bits per heavy atom. The zero-order chi connectivity index (χ0) is 16.3. The summed E-state index contributed by atoms with van der Waals surface area (Å²) >= 11 is 5.63. The van der Waals surface area contributed by atoms with Gasteiger partial charge >= 0.3 is 12.3 Å². The lowest BCUT2D eigenvalue weighted by Crippen LogP contribution is -2.16. The first-order valence-corrected chi connectivity index (χ1v) is 6.20. The number of pyridine rings is 1. The zero-order valence-electron chi connectivity index (χ0n) is 10.8. The van der Waals surface area contributed by atoms with Gasteiger partial charge in [0, 0.05) is 18.0 Å². The van der Waals surface area contributed by atoms with Crippen LogP contribution in [0.2, 0.25) is 5.15 Å². The molecule has 1 amide bonds. The molecule has 0 saturated carbocycles. The third kappa shape index (κ3) is 4.01. The van der Waals surface area contributed by atoms with Crippen molar-refractivity contribution in [2.24, 2.45) is 5.73 Å². The van der Waals surface area contributed by atoms with Crippen molar-refractivity contribution in [2.75, 3.05) is 5.32 Å². The average Bonchev–Trinajstić information content (AvgIpc) is 2.36. The Labute approximate surface area is 127 Å². The maximum absolute atomic E-state index is 12.9. The normalized spacial score (nSPS) is 11.1. The van der Waals surface area contributed by atoms with Gasteiger partial charge in [-0.2, -0.15) is 13.2 Å². The third-order valence-corrected chi connectivity index (χ3v) is 2.71. The standard InChI is InChI=1S/C13H9ClF3N3O2/c14-11-5-10(9(6-19-11)13(15,16)17)20-7-2-1-3-8(4-7)22-12(18)21/h1-6H,(H2,18,21)(H,19,20). The number of alkyl halides is 3. The quantitative estimate of drug-likeness (QED) is 0.835. The number of halogens is 4. The number of amides is 1. The highest BCUT2D eigenvalue weighted by Crippen LogP contribution is 2.36. The monoisotopic (exact) mass is 331 g/mol. The molecule has 1 heterocycles. The van der Waals surface area contributed by atoms with Gasteiger partial charge in [-0.3, -0.25) is 0 Å². The van der Waals surface area contributed by atoms with Gasteiger partial charge in [0.2, 0.25) is 0 Å². The van der Waals surface area contributed by atoms with E-state index in [2.05, 4.69) is 15.0 Å². The second kappa shape index (κ2) is 6.10. The van der Waals surface area contributed by atoms with E-state index in [0.717, 1.165) is 6.07 Å². The molecule has 1 aromatic carbocycles. The van der Waals surface area contributed by atoms with Gasteiger partial charge < -0.3 is 15.8 Å². The molecule has 0 fully saturated rings. The van der Waals surface area contributed by atoms with Gasteiger partial charge in [-0.1, -0.05) is 17.7 Å². The molecule has 0 unspecified atom stereocenters. The Bertz CT molecular complexity index is 707. The topological polar surface area (TPSA) is 77.2 Å². The number of nitrogens with one attached hydrogen (secondary N) is 1. The fourth-order valence-corrected chi connectivity index (χ4v) is 1.83. The van der Waals surface area contributed by atoms with E-state index in [4.69, 9.17) is 17.3 Å². The summed E-state index contributed by atoms with van der Waals surface area (Å²) in [6.07, 6.45) is -4.99. The first-order valence-electron chi connectivity index (χ1n) is 5.83. The molecule has 1 aromatic heterocycles. The summed E-state index contributed by atoms with van der Waals surface area (Å²) in [6, 6.07) is 6.77. The highest BCUT2D eigenvalue weighted by atomic mass is 35.5. The average molecular weight is 332 g/mol. The van der Waals surface area contributed by atoms with Crippen LogP contribution in [0.3, 0.4) is 0 Å². The van der Waals surface area contributed by atoms with Crippen molar-refractivity contribution >= 4 is 29.1 Å². The van der Waals surface area contributed by atoms with Crippen molar-refractivity contribution in [2.45, 2.75) is 6.18 Å². The van der Waals surface area contributed by atoms with Gasteiger partial charge in [-0.25, -0.2) is 9.78 Å². The van der Waals surface area contributed by atoms with E-state index in [-0.39, 0.29) is 22.3 Å². The fourth-order valence-electron chi connectivity index (χ4n) is 1.67. The van der Waals surface area contributed by atoms with E-state index in [0.29, 0.717) is 6.20 Å². The van der Waals surface area contributed by atoms with Gasteiger partial charge in [0.05, 0.1) is 11.3 Å². The van der Waals surface area contributed by atoms with E-state index < -0.39 is 17.8 Å². The van der Waals surface area contributed by atoms with Crippen molar-refractivity contribution in [3.8, 4) is 5.75 Å². The second-order valence-electron chi connectivity index (χ2n) is 4.12. The van der Waals surface area contributed by atoms with Crippen molar-refractivity contribution in [3.05, 3.63) is 47.2 Å². The largest absolute Gasteiger partial charge is 0.419 e. The summed E-state index contributed by atoms with van der Waals surface area (Å²) in [7, 11) is 0. The van der Waals surface area contributed by atoms with Crippen LogP contribution in [0.5, 0.6) is 5.75 Å². The lowest BCUT2D eigenvalue weighted by molar-refractivity contribution is -0.137. The van der Waals surface area contributed by atoms with E-state index in [1.807, 2.05) is 0 Å². The van der Waals surface area contributed by atoms with E-state index >= 15 is 0 Å². The lowest BCUT2D eigenvalue weighted by Gasteiger charge is -2.14. The minimum absolute atomic E-state index is 0.0891. The summed E-state index contributed by atoms with van der Waals surface area (Å²) in [6.45, 7) is 0. The summed E-state index contributed by atoms with van der Waals surface area (Å²) in [5.74, 6) is 0.0891. The number of carbonyl (C=O) groups excluding carboxylic acids is 1. The number of hydrogen-bond acceptors (Lipinski definition) is 4. The Hall–Kier alpha value is -2.48. The molecule has 0 aliphatic carbocycles. The number of nitrogens with two attached hydrogens (primary N) is 1. The molecule has 3 N–H and O–H groups in total. The Balaban J connectivity index is 2.34. The minimum atomic E-state index is -4.60. The van der Waals surface area contributed by atoms with Crippen LogP contribution < -0.4 is 15.8 Å². The van der Waals surface area contributed by atoms with Crippen LogP contribution in [0.4, 0.5) is 29.3 Å². The highest BCUT2D eigenvalue weighted by Gasteiger charge is 2.34. The first kappa shape index (κ1) is 15.9. The molecule has 9 heteroatoms. The number of ether oxygens (including phenoxy) is 1. The number of benzene rings is 1. The maximum Gasteiger partial charge on any atom is 0.419 e. The second-order valence-corrected chi connectivity index (χ2v) is 4.51. The van der Waals surface area contributed by atoms with Gasteiger partial charge in [0.15, 0.2) is 0 Å². The fraction of sp³-hybridized carbons (Fsp3) is 0.0769. The zero-order valence-corrected chi connectivity index (χ0v) is 11.6. The smallest absolute Gasteiger partial charge is 0.410 e. The number of anilines is 2. The molecular formula is C13H9ClF3N3O2. The van der Waals surface area contributed by atoms with Crippen LogP contribution >= 0.6 is 11.6 Å². The number of hydrogen-bond donors (Lipinski definition) is 2. The van der Waals surface area contributed by atoms with Crippen LogP contribution in [0.15, 0.2) is 36.5 Å². The number of primary amides is 1. The molecule has 0 spiro atoms. The summed E-state index contributed by atoms with van der Waals surface area (Å²) in [4.78, 5) is 14.1. The molecule has 0 aliphatic rings. The SMILES string of the molecule is NC(=O)Oc1cccc(Nc2cc(Cl)ncc2C(F)(F)F)c1. The van der Waals surface area contributed by atoms with Crippen LogP contribution in [0.25, 0.3) is 0 Å². The minimum Gasteiger partial charge on any atom is -0.410 e. The van der Waals surface area contributed by atoms with Crippen LogP contribution in [-0.4, -0.2) is 11.1 Å². The molecule has 0 aliphatic heterocycles. The van der Waals surface area contributed by atoms with E-state index in [9.17, 15) is 18.0 Å². The Kier molecular flexibility index (Phi) is 4.41. The molecule has 0 atom stereocenters. The van der Waals surface area contributed by atoms with Crippen LogP contribution in [0, 0.1) is 0 Å². The maximum atomic E-state index is 12.9. The molecule has 0 bridgehead atoms. The molecule has 22 heavy (non-hydrogen) atoms. The van der Waals surface area contributed by atoms with Crippen molar-refractivity contribution in [1.29, 1.82) is 0 Å². The van der Waals surface area contributed by atoms with Gasteiger partial charge in [-0.05, 0) is 18.2 Å². The molecule has 5 nitrogen and oxygen atoms in total. The molecule has 0 saturated heterocycles. The van der Waals surface area contributed by atoms with Gasteiger partial charge in [0.1, 0.15) is 10.9 Å². The predicted octanol–water partition coefficient (Wildman–Crippen LogP) is 3.95. The van der Waals surface area contributed by atoms with Gasteiger partial charge in [0.25, 0.3) is 0 Å². The number of rotatable bonds is 3. The molecular weight excluding hydrogens is 323 g/mol. The molecule has 2 aromatic rings. The summed E-state index contributed by atoms with van der Waals surface area (Å²) in [5.41, 5.74) is 3.88. The molecule has 2 rings (SSSR count). The molecule has 0 radical (unpaired) electrons. The number of nitrogens with zero attached hydrogens (tertiary/aromatic N) is 1. The summed E-state index contributed by atoms with van der Waals surface area (Å²) < 4.78 is 43.4. The number of aromatic nitrogens is 1. The van der Waals surface area contributed by atoms with E-state index in [1.54, 1.807) is 0 Å². The van der Waals surface area contributed by atoms with Crippen LogP contribution in [-0.2, 0) is 6.18 Å². The Morgan fingerprint density at radius 2 is 2.05 bits per heavy atom. The predicted molar refractivity (Wildman–Crippen MR) is 74.2 cm³/mol. The van der Waals surface area contributed by atoms with Crippen molar-refractivity contribution < 1.29 is 22.7 Å². The van der Waals surface area contributed by atoms with Crippen LogP contribution in [0.1, 0.15) is 5.56 Å². The molecule has 116 valence electrons. The first-order chi connectivity index (χ1) is 10.3. The third-order valence-electron chi connectivity index (χ3n) is 2.51. The van der Waals surface area contributed by atoms with Crippen molar-refractivity contribution in [1.82, 2.24) is 4.98 Å². The number of carbonyl (C=O) groups is 1. The highest BCUT2D eigenvalue weighted by molar-refractivity contribution is 6.29.